The summed E-state index contributed by atoms with van der Waals surface area (Å²) in [6, 6.07) is 0. The normalized spacial score (nSPS) is 22.1. The minimum absolute atomic E-state index is 0.226. The first-order chi connectivity index (χ1) is 6.08. The van der Waals surface area contributed by atoms with E-state index in [0.29, 0.717) is 5.04 Å². The summed E-state index contributed by atoms with van der Waals surface area (Å²) in [5.74, 6) is 0.823. The highest BCUT2D eigenvalue weighted by molar-refractivity contribution is 6.38. The molecule has 0 radical (unpaired) electrons. The second kappa shape index (κ2) is 4.94. The molecule has 1 nitrogen and oxygen atoms in total. The van der Waals surface area contributed by atoms with Gasteiger partial charge in [0.25, 0.3) is 0 Å². The Kier molecular flexibility index (Phi) is 4.17. The Morgan fingerprint density at radius 3 is 2.31 bits per heavy atom. The summed E-state index contributed by atoms with van der Waals surface area (Å²) >= 11 is 0. The third-order valence-electron chi connectivity index (χ3n) is 2.53. The van der Waals surface area contributed by atoms with Gasteiger partial charge in [0.05, 0.1) is 0 Å². The molecule has 1 fully saturated rings. The Labute approximate surface area is 84.9 Å². The first-order valence-electron chi connectivity index (χ1n) is 5.58. The van der Waals surface area contributed by atoms with Gasteiger partial charge in [-0.1, -0.05) is 40.0 Å². The minimum Gasteiger partial charge on any atom is -0.340 e. The van der Waals surface area contributed by atoms with E-state index in [1.54, 1.807) is 0 Å². The van der Waals surface area contributed by atoms with Gasteiger partial charge in [0, 0.05) is 0 Å². The van der Waals surface area contributed by atoms with E-state index in [1.165, 1.54) is 32.1 Å². The average Bonchev–Trinajstić information content (AvgIpc) is 2.04. The van der Waals surface area contributed by atoms with Gasteiger partial charge >= 0.3 is 0 Å². The molecule has 0 unspecified atom stereocenters. The number of rotatable bonds is 2. The molecular weight excluding hydrogens is 174 g/mol. The molecule has 0 aliphatic heterocycles. The van der Waals surface area contributed by atoms with Crippen LogP contribution >= 0.6 is 0 Å². The maximum absolute atomic E-state index is 4.68. The van der Waals surface area contributed by atoms with E-state index < -0.39 is 0 Å². The second-order valence-electron chi connectivity index (χ2n) is 5.45. The van der Waals surface area contributed by atoms with E-state index in [0.717, 1.165) is 5.92 Å². The smallest absolute Gasteiger partial charge is 0.155 e. The molecule has 0 N–H and O–H groups in total. The largest absolute Gasteiger partial charge is 0.340 e. The van der Waals surface area contributed by atoms with E-state index >= 15 is 0 Å². The summed E-state index contributed by atoms with van der Waals surface area (Å²) in [7, 11) is -0.226. The van der Waals surface area contributed by atoms with Gasteiger partial charge in [-0.25, -0.2) is 0 Å². The highest BCUT2D eigenvalue weighted by atomic mass is 28.2. The maximum Gasteiger partial charge on any atom is 0.155 e. The standard InChI is InChI=1S/C11H23NSi/c1-11(2,3)13-12-9-10-7-5-4-6-8-10/h9-10H,4-8,13H2,1-3H3. The van der Waals surface area contributed by atoms with Crippen LogP contribution in [0.1, 0.15) is 52.9 Å². The molecular formula is C11H23NSi. The van der Waals surface area contributed by atoms with Crippen molar-refractivity contribution >= 4 is 15.9 Å². The van der Waals surface area contributed by atoms with Gasteiger partial charge < -0.3 is 4.66 Å². The summed E-state index contributed by atoms with van der Waals surface area (Å²) in [6.07, 6.45) is 9.35. The molecule has 0 bridgehead atoms. The number of hydrogen-bond donors (Lipinski definition) is 0. The van der Waals surface area contributed by atoms with Crippen molar-refractivity contribution in [2.45, 2.75) is 57.9 Å². The molecule has 1 rings (SSSR count). The van der Waals surface area contributed by atoms with Crippen molar-refractivity contribution in [2.75, 3.05) is 0 Å². The second-order valence-corrected chi connectivity index (χ2v) is 8.25. The zero-order valence-corrected chi connectivity index (χ0v) is 10.8. The number of hydrogen-bond acceptors (Lipinski definition) is 1. The molecule has 0 atom stereocenters. The molecule has 0 aromatic carbocycles. The van der Waals surface area contributed by atoms with Crippen LogP contribution in [0.3, 0.4) is 0 Å². The molecule has 0 saturated heterocycles. The van der Waals surface area contributed by atoms with Crippen molar-refractivity contribution < 1.29 is 0 Å². The summed E-state index contributed by atoms with van der Waals surface area (Å²) in [5.41, 5.74) is 0. The lowest BCUT2D eigenvalue weighted by atomic mass is 9.90. The average molecular weight is 197 g/mol. The molecule has 1 aliphatic rings. The zero-order chi connectivity index (χ0) is 9.73. The zero-order valence-electron chi connectivity index (χ0n) is 9.34. The van der Waals surface area contributed by atoms with E-state index in [2.05, 4.69) is 31.6 Å². The van der Waals surface area contributed by atoms with E-state index in [1.807, 2.05) is 0 Å². The minimum atomic E-state index is -0.226. The molecule has 1 saturated carbocycles. The predicted molar refractivity (Wildman–Crippen MR) is 63.3 cm³/mol. The van der Waals surface area contributed by atoms with Crippen molar-refractivity contribution in [2.24, 2.45) is 10.6 Å². The molecule has 76 valence electrons. The van der Waals surface area contributed by atoms with Crippen LogP contribution in [0.2, 0.25) is 5.04 Å². The first-order valence-corrected chi connectivity index (χ1v) is 6.92. The van der Waals surface area contributed by atoms with E-state index in [9.17, 15) is 0 Å². The van der Waals surface area contributed by atoms with Gasteiger partial charge in [0.1, 0.15) is 0 Å². The van der Waals surface area contributed by atoms with E-state index in [-0.39, 0.29) is 9.68 Å². The maximum atomic E-state index is 4.68. The third-order valence-corrected chi connectivity index (χ3v) is 3.87. The number of nitrogens with zero attached hydrogens (tertiary/aromatic N) is 1. The van der Waals surface area contributed by atoms with Crippen LogP contribution in [0.15, 0.2) is 4.66 Å². The fourth-order valence-corrected chi connectivity index (χ4v) is 2.71. The highest BCUT2D eigenvalue weighted by Crippen LogP contribution is 2.23. The first kappa shape index (κ1) is 11.0. The van der Waals surface area contributed by atoms with Crippen molar-refractivity contribution in [3.8, 4) is 0 Å². The quantitative estimate of drug-likeness (QED) is 0.477. The van der Waals surface area contributed by atoms with Gasteiger partial charge in [0.2, 0.25) is 0 Å². The van der Waals surface area contributed by atoms with Crippen LogP contribution in [-0.4, -0.2) is 15.9 Å². The predicted octanol–water partition coefficient (Wildman–Crippen LogP) is 2.94. The Morgan fingerprint density at radius 1 is 1.15 bits per heavy atom. The fourth-order valence-electron chi connectivity index (χ4n) is 1.76. The van der Waals surface area contributed by atoms with E-state index in [4.69, 9.17) is 0 Å². The topological polar surface area (TPSA) is 12.4 Å². The lowest BCUT2D eigenvalue weighted by molar-refractivity contribution is 0.445. The van der Waals surface area contributed by atoms with Gasteiger partial charge in [-0.2, -0.15) is 0 Å². The Hall–Kier alpha value is -0.113. The van der Waals surface area contributed by atoms with Crippen LogP contribution in [-0.2, 0) is 0 Å². The third kappa shape index (κ3) is 5.24. The van der Waals surface area contributed by atoms with Crippen LogP contribution < -0.4 is 0 Å². The summed E-state index contributed by atoms with van der Waals surface area (Å²) in [4.78, 5) is 0. The molecule has 0 aromatic heterocycles. The van der Waals surface area contributed by atoms with Gasteiger partial charge in [0.15, 0.2) is 9.68 Å². The van der Waals surface area contributed by atoms with Crippen molar-refractivity contribution in [3.63, 3.8) is 0 Å². The van der Waals surface area contributed by atoms with Crippen LogP contribution in [0.4, 0.5) is 0 Å². The summed E-state index contributed by atoms with van der Waals surface area (Å²) in [5, 5.41) is 0.491. The molecule has 0 spiro atoms. The highest BCUT2D eigenvalue weighted by Gasteiger charge is 2.12. The molecule has 0 heterocycles. The van der Waals surface area contributed by atoms with Crippen LogP contribution in [0.25, 0.3) is 0 Å². The monoisotopic (exact) mass is 197 g/mol. The van der Waals surface area contributed by atoms with Crippen LogP contribution in [0.5, 0.6) is 0 Å². The van der Waals surface area contributed by atoms with Gasteiger partial charge in [-0.05, 0) is 30.0 Å². The Bertz CT molecular complexity index is 163. The fraction of sp³-hybridized carbons (Fsp3) is 0.909. The molecule has 1 aliphatic carbocycles. The SMILES string of the molecule is CC(C)(C)[SiH2]N=CC1CCCCC1. The van der Waals surface area contributed by atoms with Crippen LogP contribution in [0, 0.1) is 5.92 Å². The Balaban J connectivity index is 2.22. The van der Waals surface area contributed by atoms with Crippen molar-refractivity contribution in [1.29, 1.82) is 0 Å². The van der Waals surface area contributed by atoms with Crippen molar-refractivity contribution in [1.82, 2.24) is 0 Å². The Morgan fingerprint density at radius 2 is 1.77 bits per heavy atom. The lowest BCUT2D eigenvalue weighted by Crippen LogP contribution is -2.11. The molecule has 0 amide bonds. The lowest BCUT2D eigenvalue weighted by Gasteiger charge is -2.18. The summed E-state index contributed by atoms with van der Waals surface area (Å²) in [6.45, 7) is 6.91. The molecule has 2 heteroatoms. The molecule has 0 aromatic rings. The van der Waals surface area contributed by atoms with Gasteiger partial charge in [-0.15, -0.1) is 0 Å². The molecule has 13 heavy (non-hydrogen) atoms. The van der Waals surface area contributed by atoms with Crippen molar-refractivity contribution in [3.05, 3.63) is 0 Å². The summed E-state index contributed by atoms with van der Waals surface area (Å²) < 4.78 is 4.68. The van der Waals surface area contributed by atoms with Gasteiger partial charge in [-0.3, -0.25) is 0 Å².